The first-order valence-electron chi connectivity index (χ1n) is 11.3. The Bertz CT molecular complexity index is 969. The van der Waals surface area contributed by atoms with Gasteiger partial charge in [-0.05, 0) is 73.3 Å². The van der Waals surface area contributed by atoms with Crippen molar-refractivity contribution in [2.45, 2.75) is 31.4 Å². The maximum absolute atomic E-state index is 11.1. The number of hydrogen-bond donors (Lipinski definition) is 1. The van der Waals surface area contributed by atoms with Gasteiger partial charge in [-0.2, -0.15) is 0 Å². The molecular weight excluding hydrogens is 439 g/mol. The van der Waals surface area contributed by atoms with Gasteiger partial charge >= 0.3 is 0 Å². The third-order valence-corrected chi connectivity index (χ3v) is 6.88. The summed E-state index contributed by atoms with van der Waals surface area (Å²) in [7, 11) is 0. The number of aliphatic hydroxyl groups is 1. The molecule has 0 saturated carbocycles. The molecule has 1 fully saturated rings. The molecule has 1 saturated heterocycles. The van der Waals surface area contributed by atoms with Gasteiger partial charge in [0, 0.05) is 41.9 Å². The van der Waals surface area contributed by atoms with E-state index in [0.29, 0.717) is 5.02 Å². The Labute approximate surface area is 201 Å². The average molecular weight is 469 g/mol. The topological polar surface area (TPSA) is 26.7 Å². The molecule has 0 atom stereocenters. The maximum atomic E-state index is 11.1. The lowest BCUT2D eigenvalue weighted by atomic mass is 9.84. The van der Waals surface area contributed by atoms with Crippen LogP contribution in [0.1, 0.15) is 30.4 Å². The monoisotopic (exact) mass is 468 g/mol. The number of hydrogen-bond acceptors (Lipinski definition) is 3. The van der Waals surface area contributed by atoms with E-state index >= 15 is 0 Å². The molecule has 32 heavy (non-hydrogen) atoms. The van der Waals surface area contributed by atoms with Crippen molar-refractivity contribution < 1.29 is 5.11 Å². The zero-order valence-corrected chi connectivity index (χ0v) is 19.8. The minimum atomic E-state index is -0.744. The number of halogens is 2. The minimum Gasteiger partial charge on any atom is -0.385 e. The van der Waals surface area contributed by atoms with Crippen molar-refractivity contribution >= 4 is 28.9 Å². The first-order chi connectivity index (χ1) is 15.5. The fraction of sp³-hybridized carbons (Fsp3) is 0.333. The lowest BCUT2D eigenvalue weighted by molar-refractivity contribution is -0.0259. The summed E-state index contributed by atoms with van der Waals surface area (Å²) in [5, 5.41) is 12.6. The minimum absolute atomic E-state index is 0.705. The summed E-state index contributed by atoms with van der Waals surface area (Å²) in [5.74, 6) is 0. The van der Waals surface area contributed by atoms with Crippen LogP contribution in [-0.2, 0) is 12.1 Å². The molecule has 0 bridgehead atoms. The first-order valence-corrected chi connectivity index (χ1v) is 12.0. The van der Waals surface area contributed by atoms with E-state index in [1.54, 1.807) is 0 Å². The van der Waals surface area contributed by atoms with Crippen LogP contribution < -0.4 is 4.90 Å². The largest absolute Gasteiger partial charge is 0.385 e. The highest BCUT2D eigenvalue weighted by Crippen LogP contribution is 2.33. The maximum Gasteiger partial charge on any atom is 0.0920 e. The van der Waals surface area contributed by atoms with Crippen molar-refractivity contribution in [2.24, 2.45) is 0 Å². The van der Waals surface area contributed by atoms with Crippen molar-refractivity contribution in [1.29, 1.82) is 0 Å². The van der Waals surface area contributed by atoms with E-state index in [4.69, 9.17) is 23.2 Å². The fourth-order valence-electron chi connectivity index (χ4n) is 4.43. The number of benzene rings is 3. The number of para-hydroxylation sites is 1. The SMILES string of the molecule is OC1(c2ccc(Cl)cc2)CCN(CCCN(Cc2ccc(Cl)cc2)c2ccccc2)CC1. The quantitative estimate of drug-likeness (QED) is 0.415. The van der Waals surface area contributed by atoms with Crippen LogP contribution in [0.25, 0.3) is 0 Å². The highest BCUT2D eigenvalue weighted by molar-refractivity contribution is 6.30. The average Bonchev–Trinajstić information content (AvgIpc) is 2.82. The van der Waals surface area contributed by atoms with Crippen LogP contribution >= 0.6 is 23.2 Å². The summed E-state index contributed by atoms with van der Waals surface area (Å²) >= 11 is 12.1. The predicted molar refractivity (Wildman–Crippen MR) is 135 cm³/mol. The molecule has 0 unspecified atom stereocenters. The van der Waals surface area contributed by atoms with Gasteiger partial charge in [0.05, 0.1) is 5.60 Å². The first kappa shape index (κ1) is 23.1. The van der Waals surface area contributed by atoms with Crippen molar-refractivity contribution in [3.63, 3.8) is 0 Å². The second-order valence-corrected chi connectivity index (χ2v) is 9.49. The van der Waals surface area contributed by atoms with Gasteiger partial charge in [-0.1, -0.05) is 65.7 Å². The van der Waals surface area contributed by atoms with E-state index in [9.17, 15) is 5.11 Å². The molecule has 1 aliphatic heterocycles. The van der Waals surface area contributed by atoms with Gasteiger partial charge in [-0.3, -0.25) is 0 Å². The zero-order valence-electron chi connectivity index (χ0n) is 18.3. The third kappa shape index (κ3) is 6.05. The summed E-state index contributed by atoms with van der Waals surface area (Å²) < 4.78 is 0. The van der Waals surface area contributed by atoms with Gasteiger partial charge in [0.2, 0.25) is 0 Å². The van der Waals surface area contributed by atoms with Crippen molar-refractivity contribution in [2.75, 3.05) is 31.1 Å². The summed E-state index contributed by atoms with van der Waals surface area (Å²) in [4.78, 5) is 4.90. The molecule has 0 aromatic heterocycles. The van der Waals surface area contributed by atoms with Crippen molar-refractivity contribution in [3.8, 4) is 0 Å². The van der Waals surface area contributed by atoms with Gasteiger partial charge in [-0.15, -0.1) is 0 Å². The summed E-state index contributed by atoms with van der Waals surface area (Å²) in [6.07, 6.45) is 2.57. The van der Waals surface area contributed by atoms with Crippen LogP contribution in [0.4, 0.5) is 5.69 Å². The lowest BCUT2D eigenvalue weighted by Gasteiger charge is -2.39. The number of anilines is 1. The number of likely N-dealkylation sites (tertiary alicyclic amines) is 1. The summed E-state index contributed by atoms with van der Waals surface area (Å²) in [6.45, 7) is 4.67. The Balaban J connectivity index is 1.31. The molecule has 1 aliphatic rings. The van der Waals surface area contributed by atoms with Gasteiger partial charge in [-0.25, -0.2) is 0 Å². The Morgan fingerprint density at radius 3 is 2.03 bits per heavy atom. The molecule has 1 N–H and O–H groups in total. The van der Waals surface area contributed by atoms with Gasteiger partial charge in [0.1, 0.15) is 0 Å². The zero-order chi connectivity index (χ0) is 22.4. The molecule has 3 nitrogen and oxygen atoms in total. The summed E-state index contributed by atoms with van der Waals surface area (Å²) in [5.41, 5.74) is 2.72. The Kier molecular flexibility index (Phi) is 7.75. The van der Waals surface area contributed by atoms with E-state index < -0.39 is 5.60 Å². The Morgan fingerprint density at radius 1 is 0.812 bits per heavy atom. The standard InChI is InChI=1S/C27H30Cl2N2O/c28-24-11-7-22(8-12-24)21-31(26-5-2-1-3-6-26)18-4-17-30-19-15-27(32,16-20-30)23-9-13-25(29)14-10-23/h1-3,5-14,32H,4,15-21H2. The van der Waals surface area contributed by atoms with Crippen LogP contribution in [0, 0.1) is 0 Å². The van der Waals surface area contributed by atoms with E-state index in [2.05, 4.69) is 52.3 Å². The number of nitrogens with zero attached hydrogens (tertiary/aromatic N) is 2. The van der Waals surface area contributed by atoms with Crippen LogP contribution in [-0.4, -0.2) is 36.2 Å². The molecule has 0 spiro atoms. The van der Waals surface area contributed by atoms with Crippen molar-refractivity contribution in [1.82, 2.24) is 4.90 Å². The van der Waals surface area contributed by atoms with Crippen LogP contribution in [0.3, 0.4) is 0 Å². The van der Waals surface area contributed by atoms with Crippen LogP contribution in [0.15, 0.2) is 78.9 Å². The highest BCUT2D eigenvalue weighted by atomic mass is 35.5. The number of piperidine rings is 1. The molecule has 0 aliphatic carbocycles. The second-order valence-electron chi connectivity index (χ2n) is 8.62. The molecule has 4 rings (SSSR count). The fourth-order valence-corrected chi connectivity index (χ4v) is 4.68. The molecule has 3 aromatic carbocycles. The van der Waals surface area contributed by atoms with E-state index in [1.165, 1.54) is 11.3 Å². The Morgan fingerprint density at radius 2 is 1.41 bits per heavy atom. The molecule has 0 amide bonds. The Hall–Kier alpha value is -2.04. The molecular formula is C27H30Cl2N2O. The van der Waals surface area contributed by atoms with Gasteiger partial charge in [0.15, 0.2) is 0 Å². The summed E-state index contributed by atoms with van der Waals surface area (Å²) in [6, 6.07) is 26.3. The lowest BCUT2D eigenvalue weighted by Crippen LogP contribution is -2.43. The molecule has 3 aromatic rings. The molecule has 0 radical (unpaired) electrons. The van der Waals surface area contributed by atoms with Crippen molar-refractivity contribution in [3.05, 3.63) is 100 Å². The third-order valence-electron chi connectivity index (χ3n) is 6.38. The van der Waals surface area contributed by atoms with E-state index in [-0.39, 0.29) is 0 Å². The molecule has 1 heterocycles. The van der Waals surface area contributed by atoms with E-state index in [0.717, 1.165) is 62.6 Å². The van der Waals surface area contributed by atoms with E-state index in [1.807, 2.05) is 36.4 Å². The molecule has 5 heteroatoms. The predicted octanol–water partition coefficient (Wildman–Crippen LogP) is 6.37. The van der Waals surface area contributed by atoms with Gasteiger partial charge in [0.25, 0.3) is 0 Å². The molecule has 168 valence electrons. The second kappa shape index (κ2) is 10.7. The highest BCUT2D eigenvalue weighted by Gasteiger charge is 2.33. The normalized spacial score (nSPS) is 16.1. The smallest absolute Gasteiger partial charge is 0.0920 e. The van der Waals surface area contributed by atoms with Crippen LogP contribution in [0.5, 0.6) is 0 Å². The number of rotatable bonds is 8. The van der Waals surface area contributed by atoms with Gasteiger partial charge < -0.3 is 14.9 Å². The van der Waals surface area contributed by atoms with Crippen LogP contribution in [0.2, 0.25) is 10.0 Å².